The number of anilines is 1. The number of halogens is 1. The summed E-state index contributed by atoms with van der Waals surface area (Å²) in [5, 5.41) is 11.3. The van der Waals surface area contributed by atoms with Gasteiger partial charge in [0.15, 0.2) is 0 Å². The normalized spacial score (nSPS) is 16.8. The van der Waals surface area contributed by atoms with Gasteiger partial charge in [-0.15, -0.1) is 0 Å². The standard InChI is InChI=1S/C31H33FN2O4/c1-5-33(6-2)25-15-9-22(10-16-25)28-27(29(35)23-11-17-26(18-12-23)38-20(3)4)30(36)31(37)34(28)19-21-7-13-24(32)14-8-21/h7-18,20,28,35H,5-6,19H2,1-4H3/b29-27-. The molecular weight excluding hydrogens is 483 g/mol. The number of aliphatic hydroxyl groups is 1. The summed E-state index contributed by atoms with van der Waals surface area (Å²) in [6.07, 6.45) is -0.00875. The van der Waals surface area contributed by atoms with Crippen molar-refractivity contribution in [1.29, 1.82) is 0 Å². The number of amides is 1. The Kier molecular flexibility index (Phi) is 8.15. The van der Waals surface area contributed by atoms with E-state index < -0.39 is 17.7 Å². The van der Waals surface area contributed by atoms with Crippen LogP contribution in [0.3, 0.4) is 0 Å². The maximum absolute atomic E-state index is 13.5. The van der Waals surface area contributed by atoms with E-state index in [1.54, 1.807) is 36.4 Å². The highest BCUT2D eigenvalue weighted by atomic mass is 19.1. The van der Waals surface area contributed by atoms with E-state index >= 15 is 0 Å². The van der Waals surface area contributed by atoms with Crippen LogP contribution in [0.15, 0.2) is 78.4 Å². The van der Waals surface area contributed by atoms with Gasteiger partial charge in [-0.3, -0.25) is 9.59 Å². The zero-order valence-electron chi connectivity index (χ0n) is 22.1. The van der Waals surface area contributed by atoms with E-state index in [1.165, 1.54) is 17.0 Å². The predicted molar refractivity (Wildman–Crippen MR) is 146 cm³/mol. The van der Waals surface area contributed by atoms with E-state index in [1.807, 2.05) is 38.1 Å². The third kappa shape index (κ3) is 5.57. The van der Waals surface area contributed by atoms with Crippen molar-refractivity contribution < 1.29 is 23.8 Å². The molecule has 0 aromatic heterocycles. The number of Topliss-reactive ketones (excluding diaryl/α,β-unsaturated/α-hetero) is 1. The summed E-state index contributed by atoms with van der Waals surface area (Å²) >= 11 is 0. The van der Waals surface area contributed by atoms with Gasteiger partial charge >= 0.3 is 0 Å². The number of nitrogens with zero attached hydrogens (tertiary/aromatic N) is 2. The van der Waals surface area contributed by atoms with Gasteiger partial charge in [-0.25, -0.2) is 4.39 Å². The number of ether oxygens (including phenoxy) is 1. The van der Waals surface area contributed by atoms with Crippen molar-refractivity contribution >= 4 is 23.1 Å². The summed E-state index contributed by atoms with van der Waals surface area (Å²) in [6.45, 7) is 9.76. The van der Waals surface area contributed by atoms with Gasteiger partial charge in [0.05, 0.1) is 17.7 Å². The molecule has 6 nitrogen and oxygen atoms in total. The molecule has 1 aliphatic rings. The van der Waals surface area contributed by atoms with E-state index in [2.05, 4.69) is 18.7 Å². The zero-order chi connectivity index (χ0) is 27.4. The van der Waals surface area contributed by atoms with Crippen LogP contribution in [0, 0.1) is 5.82 Å². The lowest BCUT2D eigenvalue weighted by Gasteiger charge is -2.27. The number of rotatable bonds is 9. The lowest BCUT2D eigenvalue weighted by Crippen LogP contribution is -2.29. The lowest BCUT2D eigenvalue weighted by molar-refractivity contribution is -0.140. The summed E-state index contributed by atoms with van der Waals surface area (Å²) in [6, 6.07) is 19.5. The van der Waals surface area contributed by atoms with Gasteiger partial charge in [-0.2, -0.15) is 0 Å². The van der Waals surface area contributed by atoms with Crippen molar-refractivity contribution in [3.8, 4) is 5.75 Å². The first kappa shape index (κ1) is 26.9. The predicted octanol–water partition coefficient (Wildman–Crippen LogP) is 6.08. The second-order valence-corrected chi connectivity index (χ2v) is 9.51. The smallest absolute Gasteiger partial charge is 0.295 e. The van der Waals surface area contributed by atoms with Crippen LogP contribution in [0.4, 0.5) is 10.1 Å². The van der Waals surface area contributed by atoms with Crippen LogP contribution in [-0.4, -0.2) is 40.9 Å². The molecule has 4 rings (SSSR count). The molecular formula is C31H33FN2O4. The van der Waals surface area contributed by atoms with Crippen LogP contribution in [0.5, 0.6) is 5.75 Å². The van der Waals surface area contributed by atoms with Crippen LogP contribution >= 0.6 is 0 Å². The minimum atomic E-state index is -0.808. The fourth-order valence-corrected chi connectivity index (χ4v) is 4.75. The van der Waals surface area contributed by atoms with Crippen molar-refractivity contribution in [1.82, 2.24) is 4.90 Å². The first-order valence-electron chi connectivity index (χ1n) is 12.9. The minimum absolute atomic E-state index is 0.00875. The largest absolute Gasteiger partial charge is 0.507 e. The average Bonchev–Trinajstić information content (AvgIpc) is 3.15. The van der Waals surface area contributed by atoms with E-state index in [9.17, 15) is 19.1 Å². The number of carbonyl (C=O) groups excluding carboxylic acids is 2. The van der Waals surface area contributed by atoms with Gasteiger partial charge in [0.1, 0.15) is 17.3 Å². The molecule has 1 N–H and O–H groups in total. The molecule has 0 spiro atoms. The molecule has 3 aromatic carbocycles. The molecule has 1 fully saturated rings. The third-order valence-corrected chi connectivity index (χ3v) is 6.64. The first-order valence-corrected chi connectivity index (χ1v) is 12.9. The minimum Gasteiger partial charge on any atom is -0.507 e. The maximum Gasteiger partial charge on any atom is 0.295 e. The molecule has 1 amide bonds. The van der Waals surface area contributed by atoms with Crippen LogP contribution in [-0.2, 0) is 16.1 Å². The Morgan fingerprint density at radius 1 is 0.947 bits per heavy atom. The molecule has 0 saturated carbocycles. The molecule has 7 heteroatoms. The zero-order valence-corrected chi connectivity index (χ0v) is 22.1. The average molecular weight is 517 g/mol. The van der Waals surface area contributed by atoms with Gasteiger partial charge in [0.25, 0.3) is 11.7 Å². The Morgan fingerprint density at radius 3 is 2.11 bits per heavy atom. The van der Waals surface area contributed by atoms with Crippen LogP contribution in [0.2, 0.25) is 0 Å². The monoisotopic (exact) mass is 516 g/mol. The van der Waals surface area contributed by atoms with Crippen molar-refractivity contribution in [3.63, 3.8) is 0 Å². The highest BCUT2D eigenvalue weighted by molar-refractivity contribution is 6.46. The van der Waals surface area contributed by atoms with Gasteiger partial charge in [0, 0.05) is 30.9 Å². The van der Waals surface area contributed by atoms with Crippen molar-refractivity contribution in [3.05, 3.63) is 101 Å². The van der Waals surface area contributed by atoms with E-state index in [-0.39, 0.29) is 29.8 Å². The molecule has 0 aliphatic carbocycles. The van der Waals surface area contributed by atoms with E-state index in [0.29, 0.717) is 22.4 Å². The second-order valence-electron chi connectivity index (χ2n) is 9.51. The molecule has 1 atom stereocenters. The van der Waals surface area contributed by atoms with Crippen LogP contribution in [0.25, 0.3) is 5.76 Å². The number of benzene rings is 3. The van der Waals surface area contributed by atoms with Crippen molar-refractivity contribution in [2.75, 3.05) is 18.0 Å². The van der Waals surface area contributed by atoms with Gasteiger partial charge in [-0.05, 0) is 87.4 Å². The number of likely N-dealkylation sites (tertiary alicyclic amines) is 1. The van der Waals surface area contributed by atoms with Crippen LogP contribution < -0.4 is 9.64 Å². The highest BCUT2D eigenvalue weighted by Crippen LogP contribution is 2.41. The van der Waals surface area contributed by atoms with E-state index in [0.717, 1.165) is 18.8 Å². The summed E-state index contributed by atoms with van der Waals surface area (Å²) in [7, 11) is 0. The van der Waals surface area contributed by atoms with Crippen LogP contribution in [0.1, 0.15) is 50.4 Å². The SMILES string of the molecule is CCN(CC)c1ccc(C2/C(=C(/O)c3ccc(OC(C)C)cc3)C(=O)C(=O)N2Cc2ccc(F)cc2)cc1. The maximum atomic E-state index is 13.5. The molecule has 1 unspecified atom stereocenters. The third-order valence-electron chi connectivity index (χ3n) is 6.64. The first-order chi connectivity index (χ1) is 18.2. The molecule has 0 bridgehead atoms. The van der Waals surface area contributed by atoms with Gasteiger partial charge in [-0.1, -0.05) is 24.3 Å². The number of carbonyl (C=O) groups is 2. The van der Waals surface area contributed by atoms with Gasteiger partial charge in [0.2, 0.25) is 0 Å². The summed E-state index contributed by atoms with van der Waals surface area (Å²) in [4.78, 5) is 30.2. The Balaban J connectivity index is 1.79. The highest BCUT2D eigenvalue weighted by Gasteiger charge is 2.46. The van der Waals surface area contributed by atoms with Gasteiger partial charge < -0.3 is 19.6 Å². The molecule has 38 heavy (non-hydrogen) atoms. The molecule has 198 valence electrons. The fourth-order valence-electron chi connectivity index (χ4n) is 4.75. The molecule has 1 aliphatic heterocycles. The molecule has 0 radical (unpaired) electrons. The summed E-state index contributed by atoms with van der Waals surface area (Å²) in [5.74, 6) is -1.47. The molecule has 1 heterocycles. The number of aliphatic hydroxyl groups excluding tert-OH is 1. The van der Waals surface area contributed by atoms with E-state index in [4.69, 9.17) is 4.74 Å². The lowest BCUT2D eigenvalue weighted by atomic mass is 9.95. The summed E-state index contributed by atoms with van der Waals surface area (Å²) in [5.41, 5.74) is 2.82. The number of hydrogen-bond acceptors (Lipinski definition) is 5. The number of ketones is 1. The Bertz CT molecular complexity index is 1310. The molecule has 1 saturated heterocycles. The fraction of sp³-hybridized carbons (Fsp3) is 0.290. The van der Waals surface area contributed by atoms with Crippen molar-refractivity contribution in [2.24, 2.45) is 0 Å². The van der Waals surface area contributed by atoms with Crippen molar-refractivity contribution in [2.45, 2.75) is 46.4 Å². The quantitative estimate of drug-likeness (QED) is 0.212. The molecule has 3 aromatic rings. The second kappa shape index (κ2) is 11.5. The Morgan fingerprint density at radius 2 is 1.55 bits per heavy atom. The number of hydrogen-bond donors (Lipinski definition) is 1. The Labute approximate surface area is 223 Å². The topological polar surface area (TPSA) is 70.1 Å². The summed E-state index contributed by atoms with van der Waals surface area (Å²) < 4.78 is 19.2. The Hall–Kier alpha value is -4.13.